The molecule has 1 unspecified atom stereocenters. The van der Waals surface area contributed by atoms with Gasteiger partial charge in [-0.1, -0.05) is 45.0 Å². The lowest BCUT2D eigenvalue weighted by Gasteiger charge is -2.35. The highest BCUT2D eigenvalue weighted by atomic mass is 16.5. The zero-order valence-electron chi connectivity index (χ0n) is 13.6. The van der Waals surface area contributed by atoms with Crippen molar-refractivity contribution in [1.82, 2.24) is 5.32 Å². The van der Waals surface area contributed by atoms with E-state index in [1.807, 2.05) is 0 Å². The average Bonchev–Trinajstić information content (AvgIpc) is 2.48. The van der Waals surface area contributed by atoms with Crippen LogP contribution in [0.1, 0.15) is 50.8 Å². The van der Waals surface area contributed by atoms with Crippen molar-refractivity contribution >= 4 is 0 Å². The highest BCUT2D eigenvalue weighted by molar-refractivity contribution is 5.25. The molecule has 1 aliphatic heterocycles. The van der Waals surface area contributed by atoms with Gasteiger partial charge in [0.05, 0.1) is 5.60 Å². The minimum Gasteiger partial charge on any atom is -0.388 e. The van der Waals surface area contributed by atoms with E-state index < -0.39 is 5.60 Å². The summed E-state index contributed by atoms with van der Waals surface area (Å²) in [7, 11) is 0. The van der Waals surface area contributed by atoms with Crippen molar-refractivity contribution in [1.29, 1.82) is 0 Å². The first-order valence-corrected chi connectivity index (χ1v) is 8.16. The topological polar surface area (TPSA) is 41.5 Å². The van der Waals surface area contributed by atoms with Crippen molar-refractivity contribution in [2.45, 2.75) is 51.7 Å². The van der Waals surface area contributed by atoms with E-state index in [-0.39, 0.29) is 6.04 Å². The third-order valence-electron chi connectivity index (χ3n) is 4.49. The Labute approximate surface area is 128 Å². The van der Waals surface area contributed by atoms with Crippen LogP contribution in [-0.2, 0) is 11.2 Å². The van der Waals surface area contributed by atoms with E-state index in [1.54, 1.807) is 0 Å². The Morgan fingerprint density at radius 1 is 1.19 bits per heavy atom. The van der Waals surface area contributed by atoms with Gasteiger partial charge in [-0.05, 0) is 23.5 Å². The van der Waals surface area contributed by atoms with Crippen molar-refractivity contribution < 1.29 is 9.84 Å². The summed E-state index contributed by atoms with van der Waals surface area (Å²) in [4.78, 5) is 0. The van der Waals surface area contributed by atoms with Gasteiger partial charge in [0, 0.05) is 38.6 Å². The van der Waals surface area contributed by atoms with Crippen LogP contribution in [0.4, 0.5) is 0 Å². The molecule has 0 bridgehead atoms. The maximum absolute atomic E-state index is 10.6. The SMILES string of the molecule is CCc1ccc(C(NCC2(O)CCOCC2)C(C)C)cc1. The predicted molar refractivity (Wildman–Crippen MR) is 86.4 cm³/mol. The molecule has 2 rings (SSSR count). The first kappa shape index (κ1) is 16.5. The first-order chi connectivity index (χ1) is 10.0. The molecule has 1 heterocycles. The third kappa shape index (κ3) is 4.53. The molecule has 0 aliphatic carbocycles. The van der Waals surface area contributed by atoms with Crippen molar-refractivity contribution in [3.05, 3.63) is 35.4 Å². The van der Waals surface area contributed by atoms with Crippen LogP contribution >= 0.6 is 0 Å². The molecule has 1 aromatic rings. The molecule has 0 saturated carbocycles. The zero-order valence-corrected chi connectivity index (χ0v) is 13.6. The second kappa shape index (κ2) is 7.39. The molecule has 0 aromatic heterocycles. The third-order valence-corrected chi connectivity index (χ3v) is 4.49. The largest absolute Gasteiger partial charge is 0.388 e. The van der Waals surface area contributed by atoms with E-state index in [2.05, 4.69) is 50.4 Å². The van der Waals surface area contributed by atoms with Crippen LogP contribution in [0.3, 0.4) is 0 Å². The summed E-state index contributed by atoms with van der Waals surface area (Å²) in [5, 5.41) is 14.2. The number of hydrogen-bond donors (Lipinski definition) is 2. The van der Waals surface area contributed by atoms with Crippen LogP contribution in [0, 0.1) is 5.92 Å². The minimum absolute atomic E-state index is 0.280. The Kier molecular flexibility index (Phi) is 5.80. The summed E-state index contributed by atoms with van der Waals surface area (Å²) in [6.45, 7) is 8.58. The standard InChI is InChI=1S/C18H29NO2/c1-4-15-5-7-16(8-6-15)17(14(2)3)19-13-18(20)9-11-21-12-10-18/h5-8,14,17,19-20H,4,9-13H2,1-3H3. The fourth-order valence-electron chi connectivity index (χ4n) is 2.93. The Hall–Kier alpha value is -0.900. The fraction of sp³-hybridized carbons (Fsp3) is 0.667. The van der Waals surface area contributed by atoms with Crippen molar-refractivity contribution in [2.75, 3.05) is 19.8 Å². The molecule has 2 N–H and O–H groups in total. The molecule has 1 fully saturated rings. The van der Waals surface area contributed by atoms with Crippen molar-refractivity contribution in [3.8, 4) is 0 Å². The number of nitrogens with one attached hydrogen (secondary N) is 1. The second-order valence-electron chi connectivity index (χ2n) is 6.53. The van der Waals surface area contributed by atoms with Gasteiger partial charge >= 0.3 is 0 Å². The lowest BCUT2D eigenvalue weighted by molar-refractivity contribution is -0.0633. The number of ether oxygens (including phenoxy) is 1. The molecule has 21 heavy (non-hydrogen) atoms. The maximum atomic E-state index is 10.6. The van der Waals surface area contributed by atoms with E-state index in [0.29, 0.717) is 25.7 Å². The molecule has 0 radical (unpaired) electrons. The maximum Gasteiger partial charge on any atom is 0.0815 e. The van der Waals surface area contributed by atoms with E-state index in [0.717, 1.165) is 19.3 Å². The second-order valence-corrected chi connectivity index (χ2v) is 6.53. The van der Waals surface area contributed by atoms with Gasteiger partial charge in [0.2, 0.25) is 0 Å². The van der Waals surface area contributed by atoms with Gasteiger partial charge in [-0.2, -0.15) is 0 Å². The summed E-state index contributed by atoms with van der Waals surface area (Å²) >= 11 is 0. The summed E-state index contributed by atoms with van der Waals surface area (Å²) in [5.74, 6) is 0.487. The molecule has 1 atom stereocenters. The molecule has 1 saturated heterocycles. The van der Waals surface area contributed by atoms with Crippen LogP contribution in [0.25, 0.3) is 0 Å². The van der Waals surface area contributed by atoms with Crippen LogP contribution in [0.15, 0.2) is 24.3 Å². The normalized spacial score (nSPS) is 19.7. The van der Waals surface area contributed by atoms with E-state index in [9.17, 15) is 5.11 Å². The quantitative estimate of drug-likeness (QED) is 0.846. The summed E-state index contributed by atoms with van der Waals surface area (Å²) in [6.07, 6.45) is 2.51. The average molecular weight is 291 g/mol. The molecular weight excluding hydrogens is 262 g/mol. The van der Waals surface area contributed by atoms with Gasteiger partial charge in [0.25, 0.3) is 0 Å². The summed E-state index contributed by atoms with van der Waals surface area (Å²) in [6, 6.07) is 9.11. The highest BCUT2D eigenvalue weighted by Gasteiger charge is 2.30. The van der Waals surface area contributed by atoms with Gasteiger partial charge in [0.15, 0.2) is 0 Å². The number of benzene rings is 1. The zero-order chi connectivity index (χ0) is 15.3. The Morgan fingerprint density at radius 2 is 1.81 bits per heavy atom. The summed E-state index contributed by atoms with van der Waals surface area (Å²) in [5.41, 5.74) is 2.05. The number of aliphatic hydroxyl groups is 1. The van der Waals surface area contributed by atoms with Crippen LogP contribution in [0.2, 0.25) is 0 Å². The van der Waals surface area contributed by atoms with Gasteiger partial charge in [-0.25, -0.2) is 0 Å². The fourth-order valence-corrected chi connectivity index (χ4v) is 2.93. The molecular formula is C18H29NO2. The summed E-state index contributed by atoms with van der Waals surface area (Å²) < 4.78 is 5.34. The monoisotopic (exact) mass is 291 g/mol. The highest BCUT2D eigenvalue weighted by Crippen LogP contribution is 2.25. The Bertz CT molecular complexity index is 421. The van der Waals surface area contributed by atoms with Crippen LogP contribution in [-0.4, -0.2) is 30.5 Å². The number of rotatable bonds is 6. The van der Waals surface area contributed by atoms with Gasteiger partial charge in [-0.3, -0.25) is 0 Å². The molecule has 3 heteroatoms. The number of aryl methyl sites for hydroxylation is 1. The van der Waals surface area contributed by atoms with Crippen LogP contribution in [0.5, 0.6) is 0 Å². The Balaban J connectivity index is 2.01. The van der Waals surface area contributed by atoms with E-state index in [1.165, 1.54) is 11.1 Å². The molecule has 1 aromatic carbocycles. The smallest absolute Gasteiger partial charge is 0.0815 e. The molecule has 118 valence electrons. The molecule has 1 aliphatic rings. The van der Waals surface area contributed by atoms with Gasteiger partial charge in [-0.15, -0.1) is 0 Å². The lowest BCUT2D eigenvalue weighted by atomic mass is 9.91. The molecule has 0 amide bonds. The molecule has 3 nitrogen and oxygen atoms in total. The van der Waals surface area contributed by atoms with E-state index >= 15 is 0 Å². The Morgan fingerprint density at radius 3 is 2.33 bits per heavy atom. The van der Waals surface area contributed by atoms with Crippen molar-refractivity contribution in [2.24, 2.45) is 5.92 Å². The number of hydrogen-bond acceptors (Lipinski definition) is 3. The van der Waals surface area contributed by atoms with Gasteiger partial charge in [0.1, 0.15) is 0 Å². The van der Waals surface area contributed by atoms with Crippen molar-refractivity contribution in [3.63, 3.8) is 0 Å². The minimum atomic E-state index is -0.616. The van der Waals surface area contributed by atoms with Crippen LogP contribution < -0.4 is 5.32 Å². The lowest BCUT2D eigenvalue weighted by Crippen LogP contribution is -2.46. The predicted octanol–water partition coefficient (Wildman–Crippen LogP) is 3.08. The van der Waals surface area contributed by atoms with E-state index in [4.69, 9.17) is 4.74 Å². The van der Waals surface area contributed by atoms with Gasteiger partial charge < -0.3 is 15.2 Å². The first-order valence-electron chi connectivity index (χ1n) is 8.16. The molecule has 0 spiro atoms.